The molecule has 124 valence electrons. The molecule has 23 heavy (non-hydrogen) atoms. The molecule has 4 heteroatoms. The summed E-state index contributed by atoms with van der Waals surface area (Å²) in [6, 6.07) is 14.6. The number of piperidine rings is 1. The second kappa shape index (κ2) is 8.32. The first-order chi connectivity index (χ1) is 10.8. The molecule has 3 rings (SSSR count). The van der Waals surface area contributed by atoms with Gasteiger partial charge in [0.2, 0.25) is 0 Å². The SMILES string of the molecule is Cl.O=C(O)C1CCCCN1CCCc1cccc2ccccc12. The Kier molecular flexibility index (Phi) is 6.43. The van der Waals surface area contributed by atoms with Gasteiger partial charge in [0, 0.05) is 0 Å². The van der Waals surface area contributed by atoms with Gasteiger partial charge in [-0.25, -0.2) is 0 Å². The second-order valence-corrected chi connectivity index (χ2v) is 6.13. The molecule has 1 fully saturated rings. The smallest absolute Gasteiger partial charge is 0.320 e. The first-order valence-electron chi connectivity index (χ1n) is 8.19. The van der Waals surface area contributed by atoms with E-state index in [1.165, 1.54) is 16.3 Å². The van der Waals surface area contributed by atoms with Gasteiger partial charge in [-0.1, -0.05) is 48.9 Å². The third kappa shape index (κ3) is 4.24. The van der Waals surface area contributed by atoms with Gasteiger partial charge in [0.1, 0.15) is 6.04 Å². The highest BCUT2D eigenvalue weighted by atomic mass is 35.5. The molecule has 2 aromatic rings. The molecular formula is C19H24ClNO2. The average Bonchev–Trinajstić information content (AvgIpc) is 2.55. The highest BCUT2D eigenvalue weighted by Crippen LogP contribution is 2.21. The molecule has 0 aliphatic carbocycles. The minimum absolute atomic E-state index is 0. The van der Waals surface area contributed by atoms with Gasteiger partial charge in [-0.2, -0.15) is 0 Å². The number of carbonyl (C=O) groups is 1. The fraction of sp³-hybridized carbons (Fsp3) is 0.421. The Morgan fingerprint density at radius 1 is 1.13 bits per heavy atom. The van der Waals surface area contributed by atoms with E-state index in [9.17, 15) is 9.90 Å². The Bertz CT molecular complexity index is 653. The van der Waals surface area contributed by atoms with E-state index in [4.69, 9.17) is 0 Å². The maximum absolute atomic E-state index is 11.3. The molecule has 1 saturated heterocycles. The highest BCUT2D eigenvalue weighted by Gasteiger charge is 2.27. The maximum atomic E-state index is 11.3. The fourth-order valence-corrected chi connectivity index (χ4v) is 3.52. The number of fused-ring (bicyclic) bond motifs is 1. The standard InChI is InChI=1S/C19H23NO2.ClH/c21-19(22)18-12-3-4-13-20(18)14-6-10-16-9-5-8-15-7-1-2-11-17(15)16;/h1-2,5,7-9,11,18H,3-4,6,10,12-14H2,(H,21,22);1H. The number of aryl methyl sites for hydroxylation is 1. The van der Waals surface area contributed by atoms with E-state index in [1.807, 2.05) is 0 Å². The van der Waals surface area contributed by atoms with Crippen molar-refractivity contribution < 1.29 is 9.90 Å². The van der Waals surface area contributed by atoms with E-state index in [-0.39, 0.29) is 18.4 Å². The first-order valence-corrected chi connectivity index (χ1v) is 8.19. The van der Waals surface area contributed by atoms with E-state index in [1.54, 1.807) is 0 Å². The van der Waals surface area contributed by atoms with Crippen molar-refractivity contribution in [2.45, 2.75) is 38.1 Å². The monoisotopic (exact) mass is 333 g/mol. The molecule has 0 radical (unpaired) electrons. The lowest BCUT2D eigenvalue weighted by atomic mass is 9.99. The molecule has 1 heterocycles. The molecule has 1 aliphatic heterocycles. The fourth-order valence-electron chi connectivity index (χ4n) is 3.52. The third-order valence-electron chi connectivity index (χ3n) is 4.67. The van der Waals surface area contributed by atoms with Gasteiger partial charge in [-0.15, -0.1) is 12.4 Å². The molecule has 1 N–H and O–H groups in total. The van der Waals surface area contributed by atoms with E-state index in [2.05, 4.69) is 47.4 Å². The Labute approximate surface area is 143 Å². The number of aliphatic carboxylic acids is 1. The number of carboxylic acid groups (broad SMARTS) is 1. The van der Waals surface area contributed by atoms with Gasteiger partial charge in [-0.3, -0.25) is 9.69 Å². The van der Waals surface area contributed by atoms with Crippen molar-refractivity contribution >= 4 is 29.1 Å². The number of halogens is 1. The topological polar surface area (TPSA) is 40.5 Å². The number of hydrogen-bond acceptors (Lipinski definition) is 2. The minimum Gasteiger partial charge on any atom is -0.480 e. The Hall–Kier alpha value is -1.58. The molecule has 1 unspecified atom stereocenters. The summed E-state index contributed by atoms with van der Waals surface area (Å²) in [5, 5.41) is 11.9. The van der Waals surface area contributed by atoms with Crippen LogP contribution in [0.5, 0.6) is 0 Å². The summed E-state index contributed by atoms with van der Waals surface area (Å²) in [4.78, 5) is 13.5. The number of benzene rings is 2. The summed E-state index contributed by atoms with van der Waals surface area (Å²) in [7, 11) is 0. The van der Waals surface area contributed by atoms with Crippen molar-refractivity contribution in [2.75, 3.05) is 13.1 Å². The van der Waals surface area contributed by atoms with Gasteiger partial charge in [-0.05, 0) is 55.1 Å². The van der Waals surface area contributed by atoms with Gasteiger partial charge < -0.3 is 5.11 Å². The van der Waals surface area contributed by atoms with Gasteiger partial charge in [0.15, 0.2) is 0 Å². The predicted molar refractivity (Wildman–Crippen MR) is 96.4 cm³/mol. The van der Waals surface area contributed by atoms with Crippen LogP contribution in [0.25, 0.3) is 10.8 Å². The highest BCUT2D eigenvalue weighted by molar-refractivity contribution is 5.86. The molecular weight excluding hydrogens is 310 g/mol. The Morgan fingerprint density at radius 2 is 1.91 bits per heavy atom. The quantitative estimate of drug-likeness (QED) is 0.894. The molecule has 0 saturated carbocycles. The van der Waals surface area contributed by atoms with Crippen LogP contribution in [-0.2, 0) is 11.2 Å². The second-order valence-electron chi connectivity index (χ2n) is 6.13. The van der Waals surface area contributed by atoms with Crippen LogP contribution in [0, 0.1) is 0 Å². The largest absolute Gasteiger partial charge is 0.480 e. The molecule has 0 aromatic heterocycles. The first kappa shape index (κ1) is 17.8. The summed E-state index contributed by atoms with van der Waals surface area (Å²) in [5.41, 5.74) is 1.36. The average molecular weight is 334 g/mol. The van der Waals surface area contributed by atoms with Crippen LogP contribution >= 0.6 is 12.4 Å². The summed E-state index contributed by atoms with van der Waals surface area (Å²) >= 11 is 0. The number of carboxylic acids is 1. The summed E-state index contributed by atoms with van der Waals surface area (Å²) in [6.45, 7) is 1.80. The van der Waals surface area contributed by atoms with Crippen molar-refractivity contribution in [1.29, 1.82) is 0 Å². The number of nitrogens with zero attached hydrogens (tertiary/aromatic N) is 1. The molecule has 0 amide bonds. The molecule has 1 aliphatic rings. The zero-order valence-electron chi connectivity index (χ0n) is 13.3. The Balaban J connectivity index is 0.00000192. The minimum atomic E-state index is -0.662. The molecule has 3 nitrogen and oxygen atoms in total. The maximum Gasteiger partial charge on any atom is 0.320 e. The number of hydrogen-bond donors (Lipinski definition) is 1. The van der Waals surface area contributed by atoms with Crippen molar-refractivity contribution in [3.8, 4) is 0 Å². The molecule has 0 spiro atoms. The zero-order chi connectivity index (χ0) is 15.4. The predicted octanol–water partition coefficient (Wildman–Crippen LogP) is 4.13. The lowest BCUT2D eigenvalue weighted by Crippen LogP contribution is -2.45. The van der Waals surface area contributed by atoms with Crippen LogP contribution in [0.3, 0.4) is 0 Å². The molecule has 1 atom stereocenters. The van der Waals surface area contributed by atoms with Crippen LogP contribution < -0.4 is 0 Å². The lowest BCUT2D eigenvalue weighted by Gasteiger charge is -2.32. The zero-order valence-corrected chi connectivity index (χ0v) is 14.1. The van der Waals surface area contributed by atoms with E-state index in [0.29, 0.717) is 0 Å². The van der Waals surface area contributed by atoms with Crippen molar-refractivity contribution in [2.24, 2.45) is 0 Å². The van der Waals surface area contributed by atoms with E-state index in [0.717, 1.165) is 45.2 Å². The lowest BCUT2D eigenvalue weighted by molar-refractivity contribution is -0.144. The van der Waals surface area contributed by atoms with E-state index < -0.39 is 5.97 Å². The molecule has 2 aromatic carbocycles. The van der Waals surface area contributed by atoms with Crippen molar-refractivity contribution in [3.63, 3.8) is 0 Å². The Morgan fingerprint density at radius 3 is 2.74 bits per heavy atom. The third-order valence-corrected chi connectivity index (χ3v) is 4.67. The van der Waals surface area contributed by atoms with Gasteiger partial charge in [0.05, 0.1) is 0 Å². The van der Waals surface area contributed by atoms with Crippen LogP contribution in [-0.4, -0.2) is 35.1 Å². The molecule has 0 bridgehead atoms. The van der Waals surface area contributed by atoms with Crippen LogP contribution in [0.4, 0.5) is 0 Å². The van der Waals surface area contributed by atoms with Gasteiger partial charge >= 0.3 is 5.97 Å². The number of rotatable bonds is 5. The summed E-state index contributed by atoms with van der Waals surface area (Å²) in [5.74, 6) is -0.662. The summed E-state index contributed by atoms with van der Waals surface area (Å²) < 4.78 is 0. The van der Waals surface area contributed by atoms with Gasteiger partial charge in [0.25, 0.3) is 0 Å². The van der Waals surface area contributed by atoms with Crippen LogP contribution in [0.15, 0.2) is 42.5 Å². The van der Waals surface area contributed by atoms with E-state index >= 15 is 0 Å². The van der Waals surface area contributed by atoms with Crippen LogP contribution in [0.2, 0.25) is 0 Å². The normalized spacial score (nSPS) is 18.5. The van der Waals surface area contributed by atoms with Crippen molar-refractivity contribution in [3.05, 3.63) is 48.0 Å². The summed E-state index contributed by atoms with van der Waals surface area (Å²) in [6.07, 6.45) is 4.97. The number of likely N-dealkylation sites (tertiary alicyclic amines) is 1. The van der Waals surface area contributed by atoms with Crippen molar-refractivity contribution in [1.82, 2.24) is 4.90 Å². The van der Waals surface area contributed by atoms with Crippen LogP contribution in [0.1, 0.15) is 31.2 Å².